The molecule has 96 valence electrons. The quantitative estimate of drug-likeness (QED) is 0.896. The summed E-state index contributed by atoms with van der Waals surface area (Å²) >= 11 is 1.82. The van der Waals surface area contributed by atoms with E-state index in [0.717, 1.165) is 0 Å². The summed E-state index contributed by atoms with van der Waals surface area (Å²) in [6.07, 6.45) is 2.52. The first-order chi connectivity index (χ1) is 8.24. The van der Waals surface area contributed by atoms with Crippen LogP contribution in [-0.4, -0.2) is 36.1 Å². The van der Waals surface area contributed by atoms with Gasteiger partial charge in [0.05, 0.1) is 10.7 Å². The number of piperidine rings is 1. The SMILES string of the molecule is CCN1CCC(c2nc(C(C)CN)cs2)CC1. The lowest BCUT2D eigenvalue weighted by atomic mass is 9.97. The summed E-state index contributed by atoms with van der Waals surface area (Å²) in [6.45, 7) is 8.71. The van der Waals surface area contributed by atoms with Gasteiger partial charge in [0.15, 0.2) is 0 Å². The molecule has 4 heteroatoms. The van der Waals surface area contributed by atoms with Gasteiger partial charge in [-0.25, -0.2) is 4.98 Å². The van der Waals surface area contributed by atoms with Crippen molar-refractivity contribution in [3.05, 3.63) is 16.1 Å². The first-order valence-electron chi connectivity index (χ1n) is 6.62. The number of hydrogen-bond acceptors (Lipinski definition) is 4. The van der Waals surface area contributed by atoms with E-state index in [1.54, 1.807) is 0 Å². The molecule has 0 aromatic carbocycles. The lowest BCUT2D eigenvalue weighted by Crippen LogP contribution is -2.32. The van der Waals surface area contributed by atoms with E-state index in [9.17, 15) is 0 Å². The van der Waals surface area contributed by atoms with Crippen molar-refractivity contribution in [1.82, 2.24) is 9.88 Å². The molecular weight excluding hydrogens is 230 g/mol. The number of hydrogen-bond donors (Lipinski definition) is 1. The predicted octanol–water partition coefficient (Wildman–Crippen LogP) is 2.40. The monoisotopic (exact) mass is 253 g/mol. The maximum atomic E-state index is 5.69. The molecule has 0 spiro atoms. The molecule has 0 radical (unpaired) electrons. The summed E-state index contributed by atoms with van der Waals surface area (Å²) in [4.78, 5) is 7.30. The molecule has 1 aromatic heterocycles. The van der Waals surface area contributed by atoms with Crippen LogP contribution in [0.4, 0.5) is 0 Å². The minimum Gasteiger partial charge on any atom is -0.330 e. The standard InChI is InChI=1S/C13H23N3S/c1-3-16-6-4-11(5-7-16)13-15-12(9-17-13)10(2)8-14/h9-11H,3-8,14H2,1-2H3. The van der Waals surface area contributed by atoms with Crippen molar-refractivity contribution in [1.29, 1.82) is 0 Å². The van der Waals surface area contributed by atoms with Crippen molar-refractivity contribution in [2.24, 2.45) is 5.73 Å². The lowest BCUT2D eigenvalue weighted by molar-refractivity contribution is 0.222. The molecule has 1 aromatic rings. The summed E-state index contributed by atoms with van der Waals surface area (Å²) in [7, 11) is 0. The second kappa shape index (κ2) is 5.94. The Balaban J connectivity index is 1.97. The van der Waals surface area contributed by atoms with E-state index in [-0.39, 0.29) is 0 Å². The molecule has 0 bridgehead atoms. The zero-order valence-electron chi connectivity index (χ0n) is 10.9. The van der Waals surface area contributed by atoms with Crippen LogP contribution < -0.4 is 5.73 Å². The maximum Gasteiger partial charge on any atom is 0.0960 e. The number of likely N-dealkylation sites (tertiary alicyclic amines) is 1. The molecular formula is C13H23N3S. The van der Waals surface area contributed by atoms with E-state index in [0.29, 0.717) is 18.4 Å². The van der Waals surface area contributed by atoms with Crippen molar-refractivity contribution < 1.29 is 0 Å². The second-order valence-electron chi connectivity index (χ2n) is 4.96. The summed E-state index contributed by atoms with van der Waals surface area (Å²) in [5.41, 5.74) is 6.87. The van der Waals surface area contributed by atoms with Crippen LogP contribution in [0, 0.1) is 0 Å². The highest BCUT2D eigenvalue weighted by atomic mass is 32.1. The fraction of sp³-hybridized carbons (Fsp3) is 0.769. The van der Waals surface area contributed by atoms with Crippen LogP contribution in [0.3, 0.4) is 0 Å². The van der Waals surface area contributed by atoms with Crippen LogP contribution in [0.25, 0.3) is 0 Å². The minimum atomic E-state index is 0.399. The van der Waals surface area contributed by atoms with Gasteiger partial charge in [0, 0.05) is 23.8 Å². The molecule has 2 rings (SSSR count). The summed E-state index contributed by atoms with van der Waals surface area (Å²) in [5, 5.41) is 3.52. The maximum absolute atomic E-state index is 5.69. The van der Waals surface area contributed by atoms with Crippen LogP contribution in [0.5, 0.6) is 0 Å². The Labute approximate surface area is 108 Å². The van der Waals surface area contributed by atoms with Gasteiger partial charge in [-0.05, 0) is 32.5 Å². The molecule has 1 unspecified atom stereocenters. The Kier molecular flexibility index (Phi) is 4.54. The van der Waals surface area contributed by atoms with Crippen molar-refractivity contribution in [2.45, 2.75) is 38.5 Å². The van der Waals surface area contributed by atoms with Gasteiger partial charge in [0.2, 0.25) is 0 Å². The number of nitrogens with zero attached hydrogens (tertiary/aromatic N) is 2. The van der Waals surface area contributed by atoms with E-state index < -0.39 is 0 Å². The Morgan fingerprint density at radius 3 is 2.82 bits per heavy atom. The third-order valence-electron chi connectivity index (χ3n) is 3.78. The van der Waals surface area contributed by atoms with E-state index in [1.807, 2.05) is 11.3 Å². The molecule has 1 aliphatic heterocycles. The van der Waals surface area contributed by atoms with E-state index in [1.165, 1.54) is 43.2 Å². The zero-order valence-corrected chi connectivity index (χ0v) is 11.7. The third kappa shape index (κ3) is 3.06. The van der Waals surface area contributed by atoms with Gasteiger partial charge in [0.25, 0.3) is 0 Å². The molecule has 0 aliphatic carbocycles. The van der Waals surface area contributed by atoms with Crippen LogP contribution in [0.2, 0.25) is 0 Å². The van der Waals surface area contributed by atoms with Crippen LogP contribution in [0.15, 0.2) is 5.38 Å². The average Bonchev–Trinajstić information content (AvgIpc) is 2.87. The zero-order chi connectivity index (χ0) is 12.3. The molecule has 0 saturated carbocycles. The Bertz CT molecular complexity index is 342. The Hall–Kier alpha value is -0.450. The summed E-state index contributed by atoms with van der Waals surface area (Å²) < 4.78 is 0. The number of rotatable bonds is 4. The van der Waals surface area contributed by atoms with Gasteiger partial charge in [-0.2, -0.15) is 0 Å². The van der Waals surface area contributed by atoms with Gasteiger partial charge in [-0.3, -0.25) is 0 Å². The number of aromatic nitrogens is 1. The van der Waals surface area contributed by atoms with Crippen molar-refractivity contribution in [3.8, 4) is 0 Å². The first kappa shape index (κ1) is 13.0. The molecule has 1 saturated heterocycles. The molecule has 1 aliphatic rings. The first-order valence-corrected chi connectivity index (χ1v) is 7.50. The third-order valence-corrected chi connectivity index (χ3v) is 4.81. The topological polar surface area (TPSA) is 42.2 Å². The van der Waals surface area contributed by atoms with E-state index in [4.69, 9.17) is 10.7 Å². The normalized spacial score (nSPS) is 20.6. The largest absolute Gasteiger partial charge is 0.330 e. The predicted molar refractivity (Wildman–Crippen MR) is 73.7 cm³/mol. The highest BCUT2D eigenvalue weighted by molar-refractivity contribution is 7.09. The van der Waals surface area contributed by atoms with Crippen molar-refractivity contribution in [3.63, 3.8) is 0 Å². The second-order valence-corrected chi connectivity index (χ2v) is 5.85. The van der Waals surface area contributed by atoms with Gasteiger partial charge in [-0.1, -0.05) is 13.8 Å². The molecule has 1 fully saturated rings. The summed E-state index contributed by atoms with van der Waals surface area (Å²) in [6, 6.07) is 0. The number of nitrogens with two attached hydrogens (primary N) is 1. The minimum absolute atomic E-state index is 0.399. The molecule has 2 N–H and O–H groups in total. The molecule has 2 heterocycles. The fourth-order valence-electron chi connectivity index (χ4n) is 2.33. The van der Waals surface area contributed by atoms with Gasteiger partial charge in [0.1, 0.15) is 0 Å². The van der Waals surface area contributed by atoms with Crippen LogP contribution in [0.1, 0.15) is 49.2 Å². The highest BCUT2D eigenvalue weighted by Gasteiger charge is 2.22. The Morgan fingerprint density at radius 2 is 2.24 bits per heavy atom. The Morgan fingerprint density at radius 1 is 1.53 bits per heavy atom. The van der Waals surface area contributed by atoms with Crippen LogP contribution in [-0.2, 0) is 0 Å². The molecule has 3 nitrogen and oxygen atoms in total. The van der Waals surface area contributed by atoms with Gasteiger partial charge < -0.3 is 10.6 Å². The van der Waals surface area contributed by atoms with E-state index >= 15 is 0 Å². The highest BCUT2D eigenvalue weighted by Crippen LogP contribution is 2.31. The smallest absolute Gasteiger partial charge is 0.0960 e. The van der Waals surface area contributed by atoms with Crippen molar-refractivity contribution >= 4 is 11.3 Å². The fourth-order valence-corrected chi connectivity index (χ4v) is 3.44. The van der Waals surface area contributed by atoms with E-state index in [2.05, 4.69) is 24.1 Å². The van der Waals surface area contributed by atoms with Gasteiger partial charge in [-0.15, -0.1) is 11.3 Å². The average molecular weight is 253 g/mol. The number of thiazole rings is 1. The molecule has 1 atom stereocenters. The molecule has 0 amide bonds. The lowest BCUT2D eigenvalue weighted by Gasteiger charge is -2.29. The summed E-state index contributed by atoms with van der Waals surface area (Å²) in [5.74, 6) is 1.08. The van der Waals surface area contributed by atoms with Crippen LogP contribution >= 0.6 is 11.3 Å². The molecule has 17 heavy (non-hydrogen) atoms. The van der Waals surface area contributed by atoms with Crippen molar-refractivity contribution in [2.75, 3.05) is 26.2 Å². The van der Waals surface area contributed by atoms with Gasteiger partial charge >= 0.3 is 0 Å².